The van der Waals surface area contributed by atoms with Gasteiger partial charge >= 0.3 is 23.9 Å². The van der Waals surface area contributed by atoms with Crippen LogP contribution < -0.4 is 4.90 Å². The van der Waals surface area contributed by atoms with Crippen molar-refractivity contribution in [3.8, 4) is 0 Å². The Hall–Kier alpha value is -4.01. The van der Waals surface area contributed by atoms with Crippen LogP contribution in [0.5, 0.6) is 0 Å². The minimum Gasteiger partial charge on any atom is -0.463 e. The Bertz CT molecular complexity index is 1440. The fourth-order valence-corrected chi connectivity index (χ4v) is 6.24. The van der Waals surface area contributed by atoms with Crippen LogP contribution in [0.4, 0.5) is 5.69 Å². The van der Waals surface area contributed by atoms with Crippen LogP contribution in [0.25, 0.3) is 6.08 Å². The second-order valence-electron chi connectivity index (χ2n) is 9.60. The highest BCUT2D eigenvalue weighted by molar-refractivity contribution is 8.14. The molecule has 2 aromatic rings. The summed E-state index contributed by atoms with van der Waals surface area (Å²) < 4.78 is 27.9. The van der Waals surface area contributed by atoms with E-state index < -0.39 is 59.6 Å². The number of aliphatic imine (C=N–C) groups is 1. The van der Waals surface area contributed by atoms with Gasteiger partial charge in [0.2, 0.25) is 0 Å². The number of ether oxygens (including phenoxy) is 5. The third-order valence-corrected chi connectivity index (χ3v) is 8.03. The summed E-state index contributed by atoms with van der Waals surface area (Å²) in [5.41, 5.74) is 0.523. The van der Waals surface area contributed by atoms with E-state index in [2.05, 4.69) is 4.99 Å². The van der Waals surface area contributed by atoms with Gasteiger partial charge in [0.15, 0.2) is 28.9 Å². The van der Waals surface area contributed by atoms with Gasteiger partial charge in [0.1, 0.15) is 18.4 Å². The van der Waals surface area contributed by atoms with Crippen LogP contribution in [0, 0.1) is 6.92 Å². The first-order chi connectivity index (χ1) is 20.4. The quantitative estimate of drug-likeness (QED) is 0.239. The van der Waals surface area contributed by atoms with Gasteiger partial charge in [-0.2, -0.15) is 0 Å². The number of amidine groups is 1. The number of rotatable bonds is 8. The molecule has 1 fully saturated rings. The van der Waals surface area contributed by atoms with Crippen molar-refractivity contribution in [3.05, 3.63) is 57.9 Å². The first-order valence-electron chi connectivity index (χ1n) is 13.1. The lowest BCUT2D eigenvalue weighted by Gasteiger charge is -2.44. The van der Waals surface area contributed by atoms with E-state index in [4.69, 9.17) is 23.7 Å². The summed E-state index contributed by atoms with van der Waals surface area (Å²) in [7, 11) is 0. The Morgan fingerprint density at radius 1 is 0.930 bits per heavy atom. The van der Waals surface area contributed by atoms with Crippen LogP contribution in [-0.2, 0) is 47.7 Å². The fraction of sp³-hybridized carbons (Fsp3) is 0.379. The Morgan fingerprint density at radius 2 is 1.56 bits per heavy atom. The van der Waals surface area contributed by atoms with Gasteiger partial charge in [0.05, 0.1) is 5.69 Å². The minimum absolute atomic E-state index is 0.163. The fourth-order valence-electron chi connectivity index (χ4n) is 4.39. The summed E-state index contributed by atoms with van der Waals surface area (Å²) in [6.45, 7) is 6.20. The Balaban J connectivity index is 1.78. The molecule has 0 spiro atoms. The normalized spacial score (nSPS) is 24.3. The Kier molecular flexibility index (Phi) is 10.4. The average molecular weight is 631 g/mol. The van der Waals surface area contributed by atoms with Crippen LogP contribution in [0.2, 0.25) is 0 Å². The van der Waals surface area contributed by atoms with E-state index >= 15 is 0 Å². The molecule has 43 heavy (non-hydrogen) atoms. The molecule has 3 heterocycles. The second-order valence-corrected chi connectivity index (χ2v) is 11.6. The molecular weight excluding hydrogens is 600 g/mol. The predicted molar refractivity (Wildman–Crippen MR) is 158 cm³/mol. The number of carbonyl (C=O) groups excluding carboxylic acids is 5. The number of anilines is 1. The van der Waals surface area contributed by atoms with Gasteiger partial charge in [-0.3, -0.25) is 28.9 Å². The lowest BCUT2D eigenvalue weighted by molar-refractivity contribution is -0.237. The largest absolute Gasteiger partial charge is 0.463 e. The molecule has 12 nitrogen and oxygen atoms in total. The lowest BCUT2D eigenvalue weighted by atomic mass is 9.99. The third-order valence-electron chi connectivity index (χ3n) is 6.11. The molecule has 1 amide bonds. The number of thiophene rings is 1. The summed E-state index contributed by atoms with van der Waals surface area (Å²) in [6, 6.07) is 10.9. The Labute approximate surface area is 256 Å². The summed E-state index contributed by atoms with van der Waals surface area (Å²) in [6.07, 6.45) is -3.42. The molecule has 0 N–H and O–H groups in total. The standard InChI is InChI=1S/C29H30N2O10S2/c1-15-8-10-20(11-9-15)31-27(36)22(13-21-7-6-12-42-21)30-29(31)43-28-26(40-19(5)35)25(39-18(4)34)24(38-17(3)33)23(41-28)14-37-16(2)32/h6-13,23-26,28H,14H2,1-5H3/b22-13+/t23-,24+,25+,26+,28+/m0/s1. The van der Waals surface area contributed by atoms with Crippen molar-refractivity contribution < 1.29 is 47.7 Å². The van der Waals surface area contributed by atoms with Crippen LogP contribution in [0.15, 0.2) is 52.5 Å². The molecule has 0 aliphatic carbocycles. The first kappa shape index (κ1) is 31.9. The van der Waals surface area contributed by atoms with Crippen LogP contribution in [0.1, 0.15) is 38.1 Å². The molecule has 4 rings (SSSR count). The van der Waals surface area contributed by atoms with Gasteiger partial charge < -0.3 is 23.7 Å². The average Bonchev–Trinajstić information content (AvgIpc) is 3.54. The van der Waals surface area contributed by atoms with Crippen molar-refractivity contribution in [3.63, 3.8) is 0 Å². The van der Waals surface area contributed by atoms with Gasteiger partial charge in [-0.05, 0) is 36.6 Å². The Morgan fingerprint density at radius 3 is 2.14 bits per heavy atom. The molecular formula is C29H30N2O10S2. The molecule has 0 unspecified atom stereocenters. The summed E-state index contributed by atoms with van der Waals surface area (Å²) in [4.78, 5) is 68.6. The van der Waals surface area contributed by atoms with Gasteiger partial charge in [-0.1, -0.05) is 35.5 Å². The van der Waals surface area contributed by atoms with Crippen molar-refractivity contribution >= 4 is 69.8 Å². The van der Waals surface area contributed by atoms with Gasteiger partial charge in [0, 0.05) is 32.6 Å². The zero-order valence-electron chi connectivity index (χ0n) is 24.0. The number of carbonyl (C=O) groups is 5. The second kappa shape index (κ2) is 14.0. The van der Waals surface area contributed by atoms with E-state index in [1.165, 1.54) is 23.2 Å². The minimum atomic E-state index is -1.34. The molecule has 2 aliphatic rings. The maximum atomic E-state index is 13.7. The predicted octanol–water partition coefficient (Wildman–Crippen LogP) is 3.62. The SMILES string of the molecule is CC(=O)OC[C@@H]1O[C@H](SC2=N/C(=C/c3cccs3)C(=O)N2c2ccc(C)cc2)[C@H](OC(C)=O)[C@H](OC(C)=O)[C@@H]1OC(C)=O. The van der Waals surface area contributed by atoms with Crippen LogP contribution in [0.3, 0.4) is 0 Å². The molecule has 1 aromatic heterocycles. The summed E-state index contributed by atoms with van der Waals surface area (Å²) in [5.74, 6) is -3.22. The maximum absolute atomic E-state index is 13.7. The number of benzene rings is 1. The number of hydrogen-bond acceptors (Lipinski definition) is 13. The molecule has 0 saturated carbocycles. The number of hydrogen-bond donors (Lipinski definition) is 0. The van der Waals surface area contributed by atoms with E-state index in [9.17, 15) is 24.0 Å². The topological polar surface area (TPSA) is 147 Å². The highest BCUT2D eigenvalue weighted by atomic mass is 32.2. The smallest absolute Gasteiger partial charge is 0.303 e. The summed E-state index contributed by atoms with van der Waals surface area (Å²) in [5, 5.41) is 2.07. The molecule has 1 saturated heterocycles. The molecule has 0 radical (unpaired) electrons. The molecule has 1 aromatic carbocycles. The molecule has 14 heteroatoms. The van der Waals surface area contributed by atoms with Gasteiger partial charge in [0.25, 0.3) is 5.91 Å². The van der Waals surface area contributed by atoms with E-state index in [1.807, 2.05) is 36.6 Å². The number of amides is 1. The zero-order valence-corrected chi connectivity index (χ0v) is 25.6. The van der Waals surface area contributed by atoms with E-state index in [1.54, 1.807) is 18.2 Å². The van der Waals surface area contributed by atoms with Crippen molar-refractivity contribution in [2.24, 2.45) is 4.99 Å². The first-order valence-corrected chi connectivity index (χ1v) is 14.9. The number of aryl methyl sites for hydroxylation is 1. The van der Waals surface area contributed by atoms with Crippen molar-refractivity contribution in [1.29, 1.82) is 0 Å². The highest BCUT2D eigenvalue weighted by Crippen LogP contribution is 2.39. The molecule has 0 bridgehead atoms. The summed E-state index contributed by atoms with van der Waals surface area (Å²) >= 11 is 2.38. The van der Waals surface area contributed by atoms with E-state index in [0.717, 1.165) is 43.0 Å². The molecule has 2 aliphatic heterocycles. The van der Waals surface area contributed by atoms with Crippen molar-refractivity contribution in [1.82, 2.24) is 0 Å². The molecule has 5 atom stereocenters. The number of thioether (sulfide) groups is 1. The third kappa shape index (κ3) is 8.09. The van der Waals surface area contributed by atoms with E-state index in [0.29, 0.717) is 5.69 Å². The van der Waals surface area contributed by atoms with Gasteiger partial charge in [-0.15, -0.1) is 11.3 Å². The van der Waals surface area contributed by atoms with Crippen LogP contribution in [-0.4, -0.2) is 71.4 Å². The van der Waals surface area contributed by atoms with Crippen molar-refractivity contribution in [2.75, 3.05) is 11.5 Å². The number of esters is 4. The number of nitrogens with zero attached hydrogens (tertiary/aromatic N) is 2. The zero-order chi connectivity index (χ0) is 31.3. The lowest BCUT2D eigenvalue weighted by Crippen LogP contribution is -2.61. The van der Waals surface area contributed by atoms with Crippen LogP contribution >= 0.6 is 23.1 Å². The maximum Gasteiger partial charge on any atom is 0.303 e. The van der Waals surface area contributed by atoms with E-state index in [-0.39, 0.29) is 17.5 Å². The monoisotopic (exact) mass is 630 g/mol. The van der Waals surface area contributed by atoms with Crippen molar-refractivity contribution in [2.45, 2.75) is 64.5 Å². The highest BCUT2D eigenvalue weighted by Gasteiger charge is 2.53. The van der Waals surface area contributed by atoms with Gasteiger partial charge in [-0.25, -0.2) is 4.99 Å². The molecule has 228 valence electrons.